The minimum atomic E-state index is 0.491. The number of pyridine rings is 1. The van der Waals surface area contributed by atoms with Crippen molar-refractivity contribution in [3.63, 3.8) is 0 Å². The third kappa shape index (κ3) is 2.07. The number of hydrogen-bond donors (Lipinski definition) is 0. The molecule has 22 heavy (non-hydrogen) atoms. The van der Waals surface area contributed by atoms with Gasteiger partial charge in [0, 0.05) is 5.39 Å². The third-order valence-corrected chi connectivity index (χ3v) is 3.41. The zero-order valence-electron chi connectivity index (χ0n) is 12.0. The quantitative estimate of drug-likeness (QED) is 0.574. The summed E-state index contributed by atoms with van der Waals surface area (Å²) in [6.07, 6.45) is 1.48. The summed E-state index contributed by atoms with van der Waals surface area (Å²) in [5, 5.41) is 1.05. The molecule has 0 aliphatic carbocycles. The number of nitrogens with zero attached hydrogens (tertiary/aromatic N) is 3. The second-order valence-corrected chi connectivity index (χ2v) is 4.82. The smallest absolute Gasteiger partial charge is 0.243 e. The molecule has 0 atom stereocenters. The van der Waals surface area contributed by atoms with Crippen molar-refractivity contribution in [1.82, 2.24) is 15.0 Å². The van der Waals surface area contributed by atoms with Gasteiger partial charge >= 0.3 is 0 Å². The number of ether oxygens (including phenoxy) is 1. The number of para-hydroxylation sites is 1. The Kier molecular flexibility index (Phi) is 2.96. The van der Waals surface area contributed by atoms with Gasteiger partial charge in [-0.3, -0.25) is 0 Å². The summed E-state index contributed by atoms with van der Waals surface area (Å²) >= 11 is 0. The van der Waals surface area contributed by atoms with Crippen molar-refractivity contribution < 1.29 is 9.15 Å². The molecule has 0 unspecified atom stereocenters. The van der Waals surface area contributed by atoms with Crippen molar-refractivity contribution in [2.75, 3.05) is 6.61 Å². The monoisotopic (exact) mass is 291 g/mol. The summed E-state index contributed by atoms with van der Waals surface area (Å²) in [6, 6.07) is 13.7. The van der Waals surface area contributed by atoms with Crippen molar-refractivity contribution in [3.05, 3.63) is 48.8 Å². The molecule has 4 rings (SSSR count). The first-order valence-corrected chi connectivity index (χ1v) is 7.08. The van der Waals surface area contributed by atoms with Crippen LogP contribution in [0.1, 0.15) is 6.92 Å². The molecule has 0 saturated carbocycles. The highest BCUT2D eigenvalue weighted by Gasteiger charge is 2.11. The lowest BCUT2D eigenvalue weighted by atomic mass is 10.2. The van der Waals surface area contributed by atoms with Crippen LogP contribution in [0.5, 0.6) is 5.88 Å². The van der Waals surface area contributed by atoms with Crippen LogP contribution < -0.4 is 4.74 Å². The minimum absolute atomic E-state index is 0.491. The topological polar surface area (TPSA) is 61.0 Å². The summed E-state index contributed by atoms with van der Waals surface area (Å²) in [5.74, 6) is 1.21. The molecule has 0 saturated heterocycles. The zero-order valence-corrected chi connectivity index (χ0v) is 12.0. The molecule has 3 heterocycles. The Bertz CT molecular complexity index is 929. The van der Waals surface area contributed by atoms with Crippen LogP contribution in [-0.2, 0) is 0 Å². The van der Waals surface area contributed by atoms with Gasteiger partial charge in [-0.05, 0) is 31.2 Å². The van der Waals surface area contributed by atoms with Crippen LogP contribution in [0.15, 0.2) is 53.2 Å². The average Bonchev–Trinajstić information content (AvgIpc) is 2.99. The van der Waals surface area contributed by atoms with E-state index in [0.29, 0.717) is 18.0 Å². The number of hydrogen-bond acceptors (Lipinski definition) is 5. The van der Waals surface area contributed by atoms with E-state index in [1.165, 1.54) is 6.33 Å². The highest BCUT2D eigenvalue weighted by Crippen LogP contribution is 2.29. The van der Waals surface area contributed by atoms with Gasteiger partial charge in [0.25, 0.3) is 0 Å². The Balaban J connectivity index is 1.89. The molecular weight excluding hydrogens is 278 g/mol. The average molecular weight is 291 g/mol. The standard InChI is InChI=1S/C17H13N3O2/c1-2-21-17-16-13(18-10-19-17)8-7-12(20-16)15-9-11-5-3-4-6-14(11)22-15/h3-10H,2H2,1H3. The summed E-state index contributed by atoms with van der Waals surface area (Å²) in [7, 11) is 0. The number of aromatic nitrogens is 3. The third-order valence-electron chi connectivity index (χ3n) is 3.41. The Morgan fingerprint density at radius 2 is 2.00 bits per heavy atom. The maximum absolute atomic E-state index is 5.86. The first-order chi connectivity index (χ1) is 10.8. The van der Waals surface area contributed by atoms with Gasteiger partial charge in [0.1, 0.15) is 17.6 Å². The van der Waals surface area contributed by atoms with E-state index in [9.17, 15) is 0 Å². The number of furan rings is 1. The molecule has 0 radical (unpaired) electrons. The van der Waals surface area contributed by atoms with Gasteiger partial charge in [0.2, 0.25) is 5.88 Å². The lowest BCUT2D eigenvalue weighted by Crippen LogP contribution is -1.98. The summed E-state index contributed by atoms with van der Waals surface area (Å²) in [5.41, 5.74) is 2.97. The van der Waals surface area contributed by atoms with E-state index in [1.807, 2.05) is 49.4 Å². The van der Waals surface area contributed by atoms with Crippen LogP contribution in [-0.4, -0.2) is 21.6 Å². The summed E-state index contributed by atoms with van der Waals surface area (Å²) in [4.78, 5) is 13.0. The van der Waals surface area contributed by atoms with Crippen LogP contribution in [0.4, 0.5) is 0 Å². The van der Waals surface area contributed by atoms with E-state index >= 15 is 0 Å². The van der Waals surface area contributed by atoms with Crippen molar-refractivity contribution >= 4 is 22.0 Å². The van der Waals surface area contributed by atoms with Crippen molar-refractivity contribution in [1.29, 1.82) is 0 Å². The summed E-state index contributed by atoms with van der Waals surface area (Å²) in [6.45, 7) is 2.44. The van der Waals surface area contributed by atoms with Crippen molar-refractivity contribution in [2.24, 2.45) is 0 Å². The Morgan fingerprint density at radius 1 is 1.09 bits per heavy atom. The van der Waals surface area contributed by atoms with Gasteiger partial charge in [0.15, 0.2) is 11.3 Å². The zero-order chi connectivity index (χ0) is 14.9. The Hall–Kier alpha value is -2.95. The second kappa shape index (κ2) is 5.11. The van der Waals surface area contributed by atoms with E-state index in [0.717, 1.165) is 27.9 Å². The molecule has 0 aliphatic heterocycles. The molecule has 0 aliphatic rings. The first kappa shape index (κ1) is 12.8. The van der Waals surface area contributed by atoms with Crippen LogP contribution in [0.25, 0.3) is 33.5 Å². The molecule has 5 heteroatoms. The van der Waals surface area contributed by atoms with E-state index in [-0.39, 0.29) is 0 Å². The fourth-order valence-electron chi connectivity index (χ4n) is 2.41. The normalized spacial score (nSPS) is 11.1. The van der Waals surface area contributed by atoms with Gasteiger partial charge in [-0.2, -0.15) is 4.98 Å². The van der Waals surface area contributed by atoms with Crippen LogP contribution >= 0.6 is 0 Å². The predicted octanol–water partition coefficient (Wildman–Crippen LogP) is 3.84. The van der Waals surface area contributed by atoms with Crippen LogP contribution in [0.3, 0.4) is 0 Å². The molecular formula is C17H13N3O2. The largest absolute Gasteiger partial charge is 0.476 e. The highest BCUT2D eigenvalue weighted by atomic mass is 16.5. The fourth-order valence-corrected chi connectivity index (χ4v) is 2.41. The number of fused-ring (bicyclic) bond motifs is 2. The van der Waals surface area contributed by atoms with Crippen molar-refractivity contribution in [3.8, 4) is 17.3 Å². The summed E-state index contributed by atoms with van der Waals surface area (Å²) < 4.78 is 11.4. The second-order valence-electron chi connectivity index (χ2n) is 4.82. The van der Waals surface area contributed by atoms with Gasteiger partial charge in [-0.15, -0.1) is 0 Å². The van der Waals surface area contributed by atoms with Crippen molar-refractivity contribution in [2.45, 2.75) is 6.92 Å². The fraction of sp³-hybridized carbons (Fsp3) is 0.118. The van der Waals surface area contributed by atoms with Crippen LogP contribution in [0, 0.1) is 0 Å². The molecule has 1 aromatic carbocycles. The molecule has 0 N–H and O–H groups in total. The first-order valence-electron chi connectivity index (χ1n) is 7.08. The lowest BCUT2D eigenvalue weighted by Gasteiger charge is -2.05. The molecule has 0 bridgehead atoms. The maximum atomic E-state index is 5.86. The maximum Gasteiger partial charge on any atom is 0.243 e. The number of benzene rings is 1. The van der Waals surface area contributed by atoms with Gasteiger partial charge in [-0.25, -0.2) is 9.97 Å². The Morgan fingerprint density at radius 3 is 2.86 bits per heavy atom. The molecule has 5 nitrogen and oxygen atoms in total. The number of rotatable bonds is 3. The van der Waals surface area contributed by atoms with E-state index in [2.05, 4.69) is 15.0 Å². The molecule has 0 amide bonds. The van der Waals surface area contributed by atoms with Gasteiger partial charge in [-0.1, -0.05) is 18.2 Å². The van der Waals surface area contributed by atoms with E-state index in [1.54, 1.807) is 0 Å². The SMILES string of the molecule is CCOc1ncnc2ccc(-c3cc4ccccc4o3)nc12. The molecule has 108 valence electrons. The van der Waals surface area contributed by atoms with E-state index in [4.69, 9.17) is 9.15 Å². The molecule has 0 spiro atoms. The lowest BCUT2D eigenvalue weighted by molar-refractivity contribution is 0.330. The van der Waals surface area contributed by atoms with Crippen LogP contribution in [0.2, 0.25) is 0 Å². The minimum Gasteiger partial charge on any atom is -0.476 e. The Labute approximate surface area is 126 Å². The van der Waals surface area contributed by atoms with Gasteiger partial charge in [0.05, 0.1) is 12.1 Å². The predicted molar refractivity (Wildman–Crippen MR) is 83.7 cm³/mol. The highest BCUT2D eigenvalue weighted by molar-refractivity contribution is 5.85. The molecule has 3 aromatic heterocycles. The van der Waals surface area contributed by atoms with E-state index < -0.39 is 0 Å². The van der Waals surface area contributed by atoms with Gasteiger partial charge < -0.3 is 9.15 Å². The molecule has 4 aromatic rings. The molecule has 0 fully saturated rings.